The van der Waals surface area contributed by atoms with Gasteiger partial charge in [0.05, 0.1) is 69.3 Å². The van der Waals surface area contributed by atoms with Crippen molar-refractivity contribution in [3.8, 4) is 35.1 Å². The zero-order valence-electron chi connectivity index (χ0n) is 23.3. The Balaban J connectivity index is 1.78. The van der Waals surface area contributed by atoms with Gasteiger partial charge < -0.3 is 14.1 Å². The Morgan fingerprint density at radius 3 is 2.39 bits per heavy atom. The van der Waals surface area contributed by atoms with E-state index in [1.165, 1.54) is 0 Å². The van der Waals surface area contributed by atoms with Gasteiger partial charge in [0.2, 0.25) is 5.88 Å². The molecular formula is C34H29N6O+. The van der Waals surface area contributed by atoms with Crippen LogP contribution in [0.1, 0.15) is 17.5 Å². The molecule has 3 aromatic carbocycles. The first-order chi connectivity index (χ1) is 19.8. The minimum atomic E-state index is -0.228. The molecule has 3 aromatic rings. The van der Waals surface area contributed by atoms with Gasteiger partial charge in [0, 0.05) is 24.6 Å². The van der Waals surface area contributed by atoms with Crippen LogP contribution in [0.25, 0.3) is 21.5 Å². The fraction of sp³-hybridized carbons (Fsp3) is 0.176. The molecule has 0 saturated carbocycles. The average molecular weight is 538 g/mol. The summed E-state index contributed by atoms with van der Waals surface area (Å²) in [6.07, 6.45) is 4.18. The lowest BCUT2D eigenvalue weighted by Crippen LogP contribution is -2.37. The van der Waals surface area contributed by atoms with Gasteiger partial charge in [-0.05, 0) is 47.0 Å². The third-order valence-electron chi connectivity index (χ3n) is 6.57. The molecule has 41 heavy (non-hydrogen) atoms. The highest BCUT2D eigenvalue weighted by molar-refractivity contribution is 5.88. The molecule has 0 bridgehead atoms. The van der Waals surface area contributed by atoms with E-state index < -0.39 is 0 Å². The number of ether oxygens (including phenoxy) is 1. The smallest absolute Gasteiger partial charge is 0.270 e. The van der Waals surface area contributed by atoms with Crippen LogP contribution in [0.15, 0.2) is 102 Å². The lowest BCUT2D eigenvalue weighted by Gasteiger charge is -2.26. The molecule has 0 spiro atoms. The lowest BCUT2D eigenvalue weighted by molar-refractivity contribution is -0.870. The van der Waals surface area contributed by atoms with Gasteiger partial charge in [-0.2, -0.15) is 10.5 Å². The van der Waals surface area contributed by atoms with E-state index in [4.69, 9.17) is 11.3 Å². The Bertz CT molecular complexity index is 1700. The Morgan fingerprint density at radius 2 is 1.73 bits per heavy atom. The van der Waals surface area contributed by atoms with Crippen molar-refractivity contribution in [3.63, 3.8) is 0 Å². The molecule has 0 saturated heterocycles. The summed E-state index contributed by atoms with van der Waals surface area (Å²) < 4.78 is 7.09. The van der Waals surface area contributed by atoms with E-state index in [1.54, 1.807) is 36.4 Å². The average Bonchev–Trinajstić information content (AvgIpc) is 3.33. The lowest BCUT2D eigenvalue weighted by atomic mass is 9.95. The van der Waals surface area contributed by atoms with Crippen LogP contribution in [-0.4, -0.2) is 38.7 Å². The second kappa shape index (κ2) is 12.5. The van der Waals surface area contributed by atoms with Gasteiger partial charge in [-0.15, -0.1) is 0 Å². The Labute approximate surface area is 241 Å². The zero-order chi connectivity index (χ0) is 29.4. The molecule has 200 valence electrons. The molecule has 1 heterocycles. The highest BCUT2D eigenvalue weighted by atomic mass is 16.5. The number of nitrogens with zero attached hydrogens (tertiary/aromatic N) is 6. The van der Waals surface area contributed by atoms with Crippen LogP contribution in [0.3, 0.4) is 0 Å². The molecule has 4 rings (SSSR count). The maximum absolute atomic E-state index is 10.1. The number of hydrogen-bond donors (Lipinski definition) is 0. The number of quaternary nitrogens is 1. The van der Waals surface area contributed by atoms with Crippen LogP contribution in [-0.2, 0) is 0 Å². The molecule has 0 N–H and O–H groups in total. The summed E-state index contributed by atoms with van der Waals surface area (Å²) in [6, 6.07) is 28.9. The number of allylic oxidation sites excluding steroid dienone is 5. The van der Waals surface area contributed by atoms with E-state index in [1.807, 2.05) is 36.4 Å². The molecule has 0 aromatic heterocycles. The van der Waals surface area contributed by atoms with Crippen molar-refractivity contribution in [1.29, 1.82) is 15.8 Å². The molecule has 0 radical (unpaired) electrons. The molecule has 7 heteroatoms. The van der Waals surface area contributed by atoms with E-state index >= 15 is 0 Å². The summed E-state index contributed by atoms with van der Waals surface area (Å²) in [7, 11) is 6.46. The highest BCUT2D eigenvalue weighted by Gasteiger charge is 2.27. The summed E-state index contributed by atoms with van der Waals surface area (Å²) in [6.45, 7) is 9.19. The molecule has 0 fully saturated rings. The van der Waals surface area contributed by atoms with Crippen LogP contribution in [0.4, 0.5) is 5.69 Å². The van der Waals surface area contributed by atoms with Crippen molar-refractivity contribution in [1.82, 2.24) is 0 Å². The molecule has 0 atom stereocenters. The van der Waals surface area contributed by atoms with Crippen molar-refractivity contribution in [2.75, 3.05) is 39.1 Å². The topological polar surface area (TPSA) is 88.2 Å². The van der Waals surface area contributed by atoms with Gasteiger partial charge in [0.1, 0.15) is 0 Å². The molecule has 0 aliphatic carbocycles. The summed E-state index contributed by atoms with van der Waals surface area (Å²) >= 11 is 0. The SMILES string of the molecule is [C-]#[N+]\C(C#N)=C(/C(C#N)=C/C=C1\Oc2ccc(-c3ccccc3)cc2N1CCC[N+](C)(C)C)c1cccc(C#N)c1. The summed E-state index contributed by atoms with van der Waals surface area (Å²) in [5, 5.41) is 29.2. The van der Waals surface area contributed by atoms with Crippen LogP contribution in [0.2, 0.25) is 0 Å². The summed E-state index contributed by atoms with van der Waals surface area (Å²) in [4.78, 5) is 5.47. The molecule has 0 amide bonds. The first-order valence-electron chi connectivity index (χ1n) is 13.1. The van der Waals surface area contributed by atoms with Crippen molar-refractivity contribution < 1.29 is 9.22 Å². The van der Waals surface area contributed by atoms with Crippen LogP contribution in [0, 0.1) is 40.6 Å². The second-order valence-electron chi connectivity index (χ2n) is 10.5. The van der Waals surface area contributed by atoms with Crippen molar-refractivity contribution in [2.24, 2.45) is 0 Å². The zero-order valence-corrected chi connectivity index (χ0v) is 23.3. The Hall–Kier alpha value is -5.60. The number of hydrogen-bond acceptors (Lipinski definition) is 5. The van der Waals surface area contributed by atoms with Crippen molar-refractivity contribution in [2.45, 2.75) is 6.42 Å². The van der Waals surface area contributed by atoms with Crippen LogP contribution >= 0.6 is 0 Å². The summed E-state index contributed by atoms with van der Waals surface area (Å²) in [5.41, 5.74) is 3.99. The number of nitriles is 3. The first-order valence-corrected chi connectivity index (χ1v) is 13.1. The summed E-state index contributed by atoms with van der Waals surface area (Å²) in [5.74, 6) is 1.26. The third-order valence-corrected chi connectivity index (χ3v) is 6.57. The van der Waals surface area contributed by atoms with Gasteiger partial charge in [-0.3, -0.25) is 0 Å². The minimum Gasteiger partial charge on any atom is -0.439 e. The fourth-order valence-electron chi connectivity index (χ4n) is 4.60. The molecule has 1 aliphatic heterocycles. The van der Waals surface area contributed by atoms with Gasteiger partial charge in [-0.25, -0.2) is 10.1 Å². The van der Waals surface area contributed by atoms with Crippen LogP contribution in [0.5, 0.6) is 5.75 Å². The van der Waals surface area contributed by atoms with Crippen molar-refractivity contribution in [3.05, 3.63) is 125 Å². The van der Waals surface area contributed by atoms with E-state index in [2.05, 4.69) is 61.2 Å². The van der Waals surface area contributed by atoms with E-state index in [9.17, 15) is 15.8 Å². The first kappa shape index (κ1) is 28.4. The predicted molar refractivity (Wildman–Crippen MR) is 159 cm³/mol. The molecule has 7 nitrogen and oxygen atoms in total. The van der Waals surface area contributed by atoms with Crippen LogP contribution < -0.4 is 9.64 Å². The number of rotatable bonds is 8. The third kappa shape index (κ3) is 6.70. The number of anilines is 1. The standard InChI is InChI=1S/C34H29N6O/c1-38-30(24-37)34(28-13-8-10-25(20-28)22-35)29(23-36)15-17-33-39(18-9-19-40(2,3)4)31-21-27(14-16-32(31)41-33)26-11-6-5-7-12-26/h5-8,10-17,20-21H,9,18-19H2,2-4H3/q+1/b29-15+,33-17-,34-30-. The van der Waals surface area contributed by atoms with Gasteiger partial charge in [0.25, 0.3) is 5.70 Å². The second-order valence-corrected chi connectivity index (χ2v) is 10.5. The predicted octanol–water partition coefficient (Wildman–Crippen LogP) is 6.67. The Kier molecular flexibility index (Phi) is 8.66. The molecule has 0 unspecified atom stereocenters. The van der Waals surface area contributed by atoms with E-state index in [0.29, 0.717) is 29.3 Å². The largest absolute Gasteiger partial charge is 0.439 e. The molecule has 1 aliphatic rings. The number of benzene rings is 3. The molecular weight excluding hydrogens is 508 g/mol. The highest BCUT2D eigenvalue weighted by Crippen LogP contribution is 2.42. The normalized spacial score (nSPS) is 14.2. The number of fused-ring (bicyclic) bond motifs is 1. The van der Waals surface area contributed by atoms with E-state index in [-0.39, 0.29) is 16.8 Å². The minimum absolute atomic E-state index is 0.121. The maximum Gasteiger partial charge on any atom is 0.270 e. The van der Waals surface area contributed by atoms with E-state index in [0.717, 1.165) is 34.3 Å². The van der Waals surface area contributed by atoms with Gasteiger partial charge >= 0.3 is 0 Å². The van der Waals surface area contributed by atoms with Gasteiger partial charge in [-0.1, -0.05) is 48.5 Å². The Morgan fingerprint density at radius 1 is 0.951 bits per heavy atom. The fourth-order valence-corrected chi connectivity index (χ4v) is 4.60. The maximum atomic E-state index is 10.1. The van der Waals surface area contributed by atoms with Crippen molar-refractivity contribution >= 4 is 11.3 Å². The quantitative estimate of drug-likeness (QED) is 0.139. The van der Waals surface area contributed by atoms with Gasteiger partial charge in [0.15, 0.2) is 5.75 Å². The monoisotopic (exact) mass is 537 g/mol.